The molecular formula is C19H33NO2. The molecule has 0 saturated carbocycles. The zero-order valence-electron chi connectivity index (χ0n) is 14.1. The van der Waals surface area contributed by atoms with E-state index >= 15 is 0 Å². The van der Waals surface area contributed by atoms with Crippen LogP contribution in [0.5, 0.6) is 0 Å². The molecule has 0 radical (unpaired) electrons. The summed E-state index contributed by atoms with van der Waals surface area (Å²) in [6.07, 6.45) is 9.94. The molecule has 0 aliphatic rings. The topological polar surface area (TPSA) is 66.5 Å². The van der Waals surface area contributed by atoms with E-state index in [2.05, 4.69) is 31.2 Å². The van der Waals surface area contributed by atoms with Crippen LogP contribution in [-0.4, -0.2) is 29.0 Å². The van der Waals surface area contributed by atoms with Crippen molar-refractivity contribution in [1.29, 1.82) is 0 Å². The fraction of sp³-hybridized carbons (Fsp3) is 0.684. The average Bonchev–Trinajstić information content (AvgIpc) is 2.57. The Morgan fingerprint density at radius 3 is 1.82 bits per heavy atom. The van der Waals surface area contributed by atoms with Crippen LogP contribution in [0.25, 0.3) is 0 Å². The summed E-state index contributed by atoms with van der Waals surface area (Å²) in [5.41, 5.74) is 7.91. The van der Waals surface area contributed by atoms with Crippen molar-refractivity contribution in [1.82, 2.24) is 0 Å². The van der Waals surface area contributed by atoms with Gasteiger partial charge in [-0.1, -0.05) is 56.9 Å². The third kappa shape index (κ3) is 7.39. The highest BCUT2D eigenvalue weighted by Gasteiger charge is 2.21. The van der Waals surface area contributed by atoms with Crippen LogP contribution in [0.2, 0.25) is 0 Å². The van der Waals surface area contributed by atoms with Gasteiger partial charge < -0.3 is 15.9 Å². The van der Waals surface area contributed by atoms with Crippen LogP contribution in [0.1, 0.15) is 63.0 Å². The molecule has 0 saturated heterocycles. The predicted molar refractivity (Wildman–Crippen MR) is 92.9 cm³/mol. The summed E-state index contributed by atoms with van der Waals surface area (Å²) in [7, 11) is 0. The van der Waals surface area contributed by atoms with Crippen molar-refractivity contribution < 1.29 is 10.2 Å². The van der Waals surface area contributed by atoms with Gasteiger partial charge in [0.15, 0.2) is 0 Å². The van der Waals surface area contributed by atoms with E-state index in [0.29, 0.717) is 6.42 Å². The largest absolute Gasteiger partial charge is 0.394 e. The number of unbranched alkanes of at least 4 members (excludes halogenated alkanes) is 4. The van der Waals surface area contributed by atoms with E-state index in [1.54, 1.807) is 0 Å². The van der Waals surface area contributed by atoms with Gasteiger partial charge in [0, 0.05) is 0 Å². The van der Waals surface area contributed by atoms with Gasteiger partial charge >= 0.3 is 0 Å². The summed E-state index contributed by atoms with van der Waals surface area (Å²) in [5, 5.41) is 18.3. The van der Waals surface area contributed by atoms with Gasteiger partial charge in [0.05, 0.1) is 18.8 Å². The zero-order valence-corrected chi connectivity index (χ0v) is 14.1. The third-order valence-electron chi connectivity index (χ3n) is 4.36. The van der Waals surface area contributed by atoms with E-state index in [9.17, 15) is 0 Å². The molecule has 0 unspecified atom stereocenters. The maximum Gasteiger partial charge on any atom is 0.0633 e. The van der Waals surface area contributed by atoms with Crippen molar-refractivity contribution in [3.63, 3.8) is 0 Å². The van der Waals surface area contributed by atoms with E-state index in [1.807, 2.05) is 0 Å². The van der Waals surface area contributed by atoms with Gasteiger partial charge in [-0.25, -0.2) is 0 Å². The number of nitrogens with two attached hydrogens (primary N) is 1. The van der Waals surface area contributed by atoms with Gasteiger partial charge in [-0.3, -0.25) is 0 Å². The molecule has 4 N–H and O–H groups in total. The van der Waals surface area contributed by atoms with Crippen molar-refractivity contribution in [3.8, 4) is 0 Å². The normalized spacial score (nSPS) is 11.8. The Hall–Kier alpha value is -0.900. The molecule has 0 heterocycles. The van der Waals surface area contributed by atoms with Crippen molar-refractivity contribution >= 4 is 0 Å². The second-order valence-corrected chi connectivity index (χ2v) is 6.51. The second kappa shape index (κ2) is 10.8. The zero-order chi connectivity index (χ0) is 16.3. The van der Waals surface area contributed by atoms with Gasteiger partial charge in [0.1, 0.15) is 0 Å². The average molecular weight is 307 g/mol. The molecule has 0 aliphatic heterocycles. The maximum absolute atomic E-state index is 9.13. The second-order valence-electron chi connectivity index (χ2n) is 6.51. The van der Waals surface area contributed by atoms with Crippen LogP contribution in [0.4, 0.5) is 0 Å². The Morgan fingerprint density at radius 2 is 1.32 bits per heavy atom. The van der Waals surface area contributed by atoms with Gasteiger partial charge in [0.25, 0.3) is 0 Å². The summed E-state index contributed by atoms with van der Waals surface area (Å²) in [4.78, 5) is 0. The third-order valence-corrected chi connectivity index (χ3v) is 4.36. The van der Waals surface area contributed by atoms with E-state index in [-0.39, 0.29) is 13.2 Å². The van der Waals surface area contributed by atoms with Gasteiger partial charge in [-0.15, -0.1) is 0 Å². The van der Waals surface area contributed by atoms with E-state index < -0.39 is 5.54 Å². The smallest absolute Gasteiger partial charge is 0.0633 e. The lowest BCUT2D eigenvalue weighted by Crippen LogP contribution is -2.47. The lowest BCUT2D eigenvalue weighted by Gasteiger charge is -2.24. The van der Waals surface area contributed by atoms with Crippen LogP contribution in [0.3, 0.4) is 0 Å². The summed E-state index contributed by atoms with van der Waals surface area (Å²) in [6.45, 7) is 1.94. The van der Waals surface area contributed by atoms with E-state index in [4.69, 9.17) is 15.9 Å². The minimum atomic E-state index is -0.797. The molecule has 0 aliphatic carbocycles. The van der Waals surface area contributed by atoms with Crippen LogP contribution >= 0.6 is 0 Å². The van der Waals surface area contributed by atoms with Crippen molar-refractivity contribution in [3.05, 3.63) is 35.4 Å². The molecule has 0 amide bonds. The highest BCUT2D eigenvalue weighted by Crippen LogP contribution is 2.15. The fourth-order valence-electron chi connectivity index (χ4n) is 2.62. The Kier molecular flexibility index (Phi) is 9.37. The first-order chi connectivity index (χ1) is 10.6. The summed E-state index contributed by atoms with van der Waals surface area (Å²) in [5.74, 6) is 0. The van der Waals surface area contributed by atoms with Crippen LogP contribution in [0.15, 0.2) is 24.3 Å². The van der Waals surface area contributed by atoms with Crippen molar-refractivity contribution in [2.75, 3.05) is 13.2 Å². The summed E-state index contributed by atoms with van der Waals surface area (Å²) >= 11 is 0. The highest BCUT2D eigenvalue weighted by molar-refractivity contribution is 5.22. The SMILES string of the molecule is CCCCc1ccc(CCCCCCC(N)(CO)CO)cc1. The number of benzene rings is 1. The number of rotatable bonds is 12. The molecule has 1 aromatic rings. The first-order valence-corrected chi connectivity index (χ1v) is 8.72. The maximum atomic E-state index is 9.13. The first-order valence-electron chi connectivity index (χ1n) is 8.72. The molecule has 0 atom stereocenters. The van der Waals surface area contributed by atoms with Crippen molar-refractivity contribution in [2.24, 2.45) is 5.73 Å². The Morgan fingerprint density at radius 1 is 0.818 bits per heavy atom. The number of hydrogen-bond acceptors (Lipinski definition) is 3. The Balaban J connectivity index is 2.14. The molecule has 0 spiro atoms. The minimum Gasteiger partial charge on any atom is -0.394 e. The number of hydrogen-bond donors (Lipinski definition) is 3. The molecule has 22 heavy (non-hydrogen) atoms. The molecule has 1 rings (SSSR count). The predicted octanol–water partition coefficient (Wildman–Crippen LogP) is 3.20. The van der Waals surface area contributed by atoms with Gasteiger partial charge in [-0.05, 0) is 43.2 Å². The molecule has 0 bridgehead atoms. The number of aliphatic hydroxyl groups excluding tert-OH is 2. The van der Waals surface area contributed by atoms with Crippen LogP contribution in [0, 0.1) is 0 Å². The van der Waals surface area contributed by atoms with E-state index in [0.717, 1.165) is 19.3 Å². The quantitative estimate of drug-likeness (QED) is 0.519. The standard InChI is InChI=1S/C19H33NO2/c1-2-3-8-17-10-12-18(13-11-17)9-6-4-5-7-14-19(20,15-21)16-22/h10-13,21-22H,2-9,14-16,20H2,1H3. The molecule has 126 valence electrons. The van der Waals surface area contributed by atoms with Crippen molar-refractivity contribution in [2.45, 2.75) is 70.3 Å². The van der Waals surface area contributed by atoms with Gasteiger partial charge in [0.2, 0.25) is 0 Å². The fourth-order valence-corrected chi connectivity index (χ4v) is 2.62. The molecule has 0 aromatic heterocycles. The van der Waals surface area contributed by atoms with Crippen LogP contribution < -0.4 is 5.73 Å². The molecular weight excluding hydrogens is 274 g/mol. The molecule has 3 nitrogen and oxygen atoms in total. The highest BCUT2D eigenvalue weighted by atomic mass is 16.3. The molecule has 3 heteroatoms. The lowest BCUT2D eigenvalue weighted by molar-refractivity contribution is 0.112. The molecule has 0 fully saturated rings. The Bertz CT molecular complexity index is 385. The monoisotopic (exact) mass is 307 g/mol. The number of aryl methyl sites for hydroxylation is 2. The van der Waals surface area contributed by atoms with Crippen LogP contribution in [-0.2, 0) is 12.8 Å². The van der Waals surface area contributed by atoms with E-state index in [1.165, 1.54) is 43.2 Å². The minimum absolute atomic E-state index is 0.145. The first kappa shape index (κ1) is 19.1. The molecule has 1 aromatic carbocycles. The lowest BCUT2D eigenvalue weighted by atomic mass is 9.94. The number of aliphatic hydroxyl groups is 2. The summed E-state index contributed by atoms with van der Waals surface area (Å²) in [6, 6.07) is 9.04. The Labute approximate surface area is 135 Å². The summed E-state index contributed by atoms with van der Waals surface area (Å²) < 4.78 is 0. The van der Waals surface area contributed by atoms with Gasteiger partial charge in [-0.2, -0.15) is 0 Å².